The van der Waals surface area contributed by atoms with Gasteiger partial charge < -0.3 is 9.88 Å². The predicted octanol–water partition coefficient (Wildman–Crippen LogP) is 3.89. The van der Waals surface area contributed by atoms with E-state index in [4.69, 9.17) is 0 Å². The molecule has 1 saturated carbocycles. The maximum Gasteiger partial charge on any atom is 0.259 e. The van der Waals surface area contributed by atoms with Crippen LogP contribution in [0.25, 0.3) is 10.2 Å². The van der Waals surface area contributed by atoms with Gasteiger partial charge in [-0.25, -0.2) is 4.98 Å². The normalized spacial score (nSPS) is 17.8. The molecule has 0 spiro atoms. The third-order valence-electron chi connectivity index (χ3n) is 5.85. The molecule has 2 aromatic rings. The van der Waals surface area contributed by atoms with Crippen molar-refractivity contribution < 1.29 is 4.79 Å². The Morgan fingerprint density at radius 1 is 1.22 bits per heavy atom. The van der Waals surface area contributed by atoms with Gasteiger partial charge in [-0.05, 0) is 44.1 Å². The van der Waals surface area contributed by atoms with Crippen molar-refractivity contribution in [3.8, 4) is 0 Å². The lowest BCUT2D eigenvalue weighted by atomic mass is 9.94. The first-order valence-corrected chi connectivity index (χ1v) is 12.0. The van der Waals surface area contributed by atoms with E-state index in [0.717, 1.165) is 42.3 Å². The van der Waals surface area contributed by atoms with E-state index < -0.39 is 0 Å². The van der Waals surface area contributed by atoms with Crippen LogP contribution < -0.4 is 5.56 Å². The number of hydrogen-bond donors (Lipinski definition) is 1. The number of fused-ring (bicyclic) bond motifs is 3. The number of carbonyl (C=O) groups is 1. The van der Waals surface area contributed by atoms with E-state index in [1.54, 1.807) is 11.3 Å². The average molecular weight is 406 g/mol. The Balaban J connectivity index is 1.39. The molecule has 0 aliphatic heterocycles. The van der Waals surface area contributed by atoms with Gasteiger partial charge in [-0.3, -0.25) is 9.59 Å². The van der Waals surface area contributed by atoms with Crippen LogP contribution >= 0.6 is 23.1 Å². The molecule has 0 aromatic carbocycles. The van der Waals surface area contributed by atoms with Crippen molar-refractivity contribution in [2.24, 2.45) is 0 Å². The van der Waals surface area contributed by atoms with Gasteiger partial charge in [-0.1, -0.05) is 19.3 Å². The number of thioether (sulfide) groups is 1. The van der Waals surface area contributed by atoms with Crippen molar-refractivity contribution in [1.29, 1.82) is 0 Å². The summed E-state index contributed by atoms with van der Waals surface area (Å²) in [6, 6.07) is 0.401. The second-order valence-electron chi connectivity index (χ2n) is 7.69. The Kier molecular flexibility index (Phi) is 5.88. The van der Waals surface area contributed by atoms with E-state index in [9.17, 15) is 9.59 Å². The van der Waals surface area contributed by atoms with Crippen LogP contribution in [0.15, 0.2) is 4.79 Å². The van der Waals surface area contributed by atoms with Crippen LogP contribution in [0.5, 0.6) is 0 Å². The molecule has 0 bridgehead atoms. The summed E-state index contributed by atoms with van der Waals surface area (Å²) < 4.78 is 0. The summed E-state index contributed by atoms with van der Waals surface area (Å²) in [6.45, 7) is 0. The molecule has 2 aliphatic rings. The van der Waals surface area contributed by atoms with Crippen molar-refractivity contribution in [2.75, 3.05) is 12.8 Å². The number of aromatic amines is 1. The number of nitrogens with one attached hydrogen (secondary N) is 1. The first-order valence-electron chi connectivity index (χ1n) is 10.0. The second kappa shape index (κ2) is 8.35. The minimum Gasteiger partial charge on any atom is -0.342 e. The molecule has 146 valence electrons. The third kappa shape index (κ3) is 4.09. The fourth-order valence-corrected chi connectivity index (χ4v) is 6.38. The van der Waals surface area contributed by atoms with Crippen molar-refractivity contribution in [2.45, 2.75) is 69.6 Å². The lowest BCUT2D eigenvalue weighted by Crippen LogP contribution is -2.39. The molecule has 0 radical (unpaired) electrons. The minimum absolute atomic E-state index is 0.0133. The number of aromatic nitrogens is 2. The number of nitrogens with zero attached hydrogens (tertiary/aromatic N) is 2. The maximum absolute atomic E-state index is 12.6. The second-order valence-corrected chi connectivity index (χ2v) is 9.76. The van der Waals surface area contributed by atoms with Gasteiger partial charge >= 0.3 is 0 Å². The summed E-state index contributed by atoms with van der Waals surface area (Å²) in [5.41, 5.74) is 1.21. The quantitative estimate of drug-likeness (QED) is 0.820. The van der Waals surface area contributed by atoms with Gasteiger partial charge in [0.2, 0.25) is 5.91 Å². The highest BCUT2D eigenvalue weighted by molar-refractivity contribution is 7.99. The maximum atomic E-state index is 12.6. The molecular formula is C20H27N3O2S2. The number of amides is 1. The van der Waals surface area contributed by atoms with Crippen LogP contribution in [-0.2, 0) is 23.4 Å². The summed E-state index contributed by atoms with van der Waals surface area (Å²) in [5, 5.41) is 0.802. The summed E-state index contributed by atoms with van der Waals surface area (Å²) in [4.78, 5) is 36.8. The molecular weight excluding hydrogens is 378 g/mol. The molecule has 0 atom stereocenters. The Morgan fingerprint density at radius 3 is 2.81 bits per heavy atom. The highest BCUT2D eigenvalue weighted by Gasteiger charge is 2.22. The molecule has 1 fully saturated rings. The number of hydrogen-bond acceptors (Lipinski definition) is 5. The predicted molar refractivity (Wildman–Crippen MR) is 113 cm³/mol. The number of H-pyrrole nitrogens is 1. The van der Waals surface area contributed by atoms with Crippen LogP contribution in [0.1, 0.15) is 61.2 Å². The standard InChI is InChI=1S/C20H27N3O2S2/c1-23(13-7-3-2-4-8-13)17(24)12-26-11-16-21-19(25)18-14-9-5-6-10-15(14)27-20(18)22-16/h13H,2-12H2,1H3,(H,21,22,25). The molecule has 0 unspecified atom stereocenters. The molecule has 7 heteroatoms. The van der Waals surface area contributed by atoms with E-state index in [2.05, 4.69) is 9.97 Å². The molecule has 1 N–H and O–H groups in total. The molecule has 4 rings (SSSR count). The Labute approximate surface area is 167 Å². The molecule has 2 aliphatic carbocycles. The zero-order valence-corrected chi connectivity index (χ0v) is 17.5. The Morgan fingerprint density at radius 2 is 2.00 bits per heavy atom. The van der Waals surface area contributed by atoms with Crippen molar-refractivity contribution in [1.82, 2.24) is 14.9 Å². The lowest BCUT2D eigenvalue weighted by molar-refractivity contribution is -0.129. The number of rotatable bonds is 5. The van der Waals surface area contributed by atoms with Crippen molar-refractivity contribution in [3.05, 3.63) is 26.6 Å². The SMILES string of the molecule is CN(C(=O)CSCc1nc2sc3c(c2c(=O)[nH]1)CCCC3)C1CCCCC1. The van der Waals surface area contributed by atoms with Crippen LogP contribution in [0.4, 0.5) is 0 Å². The Bertz CT molecular complexity index is 883. The number of carbonyl (C=O) groups excluding carboxylic acids is 1. The zero-order valence-electron chi connectivity index (χ0n) is 15.9. The van der Waals surface area contributed by atoms with Gasteiger partial charge in [0.05, 0.1) is 16.9 Å². The van der Waals surface area contributed by atoms with E-state index in [-0.39, 0.29) is 11.5 Å². The van der Waals surface area contributed by atoms with Crippen molar-refractivity contribution in [3.63, 3.8) is 0 Å². The van der Waals surface area contributed by atoms with Gasteiger partial charge in [-0.15, -0.1) is 23.1 Å². The number of aryl methyl sites for hydroxylation is 2. The third-order valence-corrected chi connectivity index (χ3v) is 7.97. The van der Waals surface area contributed by atoms with Crippen LogP contribution in [0, 0.1) is 0 Å². The van der Waals surface area contributed by atoms with E-state index >= 15 is 0 Å². The average Bonchev–Trinajstić information content (AvgIpc) is 3.06. The summed E-state index contributed by atoms with van der Waals surface area (Å²) >= 11 is 3.22. The van der Waals surface area contributed by atoms with Gasteiger partial charge in [0.25, 0.3) is 5.56 Å². The van der Waals surface area contributed by atoms with Crippen LogP contribution in [-0.4, -0.2) is 39.6 Å². The van der Waals surface area contributed by atoms with Gasteiger partial charge in [0, 0.05) is 18.0 Å². The van der Waals surface area contributed by atoms with Crippen LogP contribution in [0.3, 0.4) is 0 Å². The van der Waals surface area contributed by atoms with Crippen molar-refractivity contribution >= 4 is 39.2 Å². The van der Waals surface area contributed by atoms with E-state index in [0.29, 0.717) is 23.4 Å². The number of thiophene rings is 1. The highest BCUT2D eigenvalue weighted by atomic mass is 32.2. The molecule has 5 nitrogen and oxygen atoms in total. The van der Waals surface area contributed by atoms with Gasteiger partial charge in [-0.2, -0.15) is 0 Å². The zero-order chi connectivity index (χ0) is 18.8. The fourth-order valence-electron chi connectivity index (χ4n) is 4.29. The Hall–Kier alpha value is -1.34. The largest absolute Gasteiger partial charge is 0.342 e. The minimum atomic E-state index is -0.0133. The summed E-state index contributed by atoms with van der Waals surface area (Å²) in [6.07, 6.45) is 10.4. The molecule has 1 amide bonds. The smallest absolute Gasteiger partial charge is 0.259 e. The fraction of sp³-hybridized carbons (Fsp3) is 0.650. The van der Waals surface area contributed by atoms with E-state index in [1.807, 2.05) is 11.9 Å². The highest BCUT2D eigenvalue weighted by Crippen LogP contribution is 2.33. The lowest BCUT2D eigenvalue weighted by Gasteiger charge is -2.31. The van der Waals surface area contributed by atoms with Gasteiger partial charge in [0.1, 0.15) is 10.7 Å². The molecule has 2 heterocycles. The first-order chi connectivity index (χ1) is 13.1. The first kappa shape index (κ1) is 19.0. The van der Waals surface area contributed by atoms with Crippen LogP contribution in [0.2, 0.25) is 0 Å². The summed E-state index contributed by atoms with van der Waals surface area (Å²) in [7, 11) is 1.93. The topological polar surface area (TPSA) is 66.1 Å². The molecule has 27 heavy (non-hydrogen) atoms. The molecule has 2 aromatic heterocycles. The molecule has 0 saturated heterocycles. The van der Waals surface area contributed by atoms with Gasteiger partial charge in [0.15, 0.2) is 0 Å². The summed E-state index contributed by atoms with van der Waals surface area (Å²) in [5.74, 6) is 1.87. The monoisotopic (exact) mass is 405 g/mol. The van der Waals surface area contributed by atoms with E-state index in [1.165, 1.54) is 47.9 Å².